The Bertz CT molecular complexity index is 1010. The van der Waals surface area contributed by atoms with E-state index >= 15 is 0 Å². The Labute approximate surface area is 159 Å². The van der Waals surface area contributed by atoms with Crippen LogP contribution in [0.3, 0.4) is 0 Å². The fraction of sp³-hybridized carbons (Fsp3) is 0. The number of nitro groups is 1. The first-order valence-electron chi connectivity index (χ1n) is 8.15. The van der Waals surface area contributed by atoms with Crippen LogP contribution in [-0.4, -0.2) is 27.2 Å². The predicted molar refractivity (Wildman–Crippen MR) is 102 cm³/mol. The molecule has 0 heterocycles. The minimum Gasteiger partial charge on any atom is -0.478 e. The minimum absolute atomic E-state index is 0.181. The van der Waals surface area contributed by atoms with E-state index in [0.717, 1.165) is 12.1 Å². The van der Waals surface area contributed by atoms with E-state index in [1.54, 1.807) is 60.7 Å². The lowest BCUT2D eigenvalue weighted by Gasteiger charge is -2.30. The van der Waals surface area contributed by atoms with Gasteiger partial charge in [-0.3, -0.25) is 10.1 Å². The number of quaternary nitrogens is 1. The highest BCUT2D eigenvalue weighted by Gasteiger charge is 2.49. The van der Waals surface area contributed by atoms with Gasteiger partial charge in [0.25, 0.3) is 0 Å². The van der Waals surface area contributed by atoms with Gasteiger partial charge in [0.05, 0.1) is 10.5 Å². The molecule has 0 spiro atoms. The molecule has 0 aliphatic heterocycles. The number of rotatable bonds is 5. The molecule has 8 nitrogen and oxygen atoms in total. The number of para-hydroxylation sites is 2. The van der Waals surface area contributed by atoms with Gasteiger partial charge in [0.15, 0.2) is 11.4 Å². The summed E-state index contributed by atoms with van der Waals surface area (Å²) in [4.78, 5) is 34.9. The third-order valence-corrected chi connectivity index (χ3v) is 4.35. The van der Waals surface area contributed by atoms with Crippen molar-refractivity contribution < 1.29 is 24.7 Å². The van der Waals surface area contributed by atoms with Crippen LogP contribution in [0, 0.1) is 10.1 Å². The first-order chi connectivity index (χ1) is 13.4. The Morgan fingerprint density at radius 3 is 1.71 bits per heavy atom. The van der Waals surface area contributed by atoms with Crippen molar-refractivity contribution in [2.24, 2.45) is 0 Å². The molecule has 3 aromatic carbocycles. The van der Waals surface area contributed by atoms with Crippen molar-refractivity contribution >= 4 is 34.8 Å². The van der Waals surface area contributed by atoms with Crippen LogP contribution in [0.1, 0.15) is 10.4 Å². The number of carboxylic acids is 1. The molecule has 0 bridgehead atoms. The zero-order valence-corrected chi connectivity index (χ0v) is 14.4. The molecule has 3 rings (SSSR count). The van der Waals surface area contributed by atoms with Crippen molar-refractivity contribution in [3.05, 3.63) is 94.5 Å². The summed E-state index contributed by atoms with van der Waals surface area (Å²) in [5.41, 5.74) is -0.574. The lowest BCUT2D eigenvalue weighted by molar-refractivity contribution is -0.384. The molecule has 140 valence electrons. The molecule has 0 fully saturated rings. The number of nitrogens with zero attached hydrogens (tertiary/aromatic N) is 2. The van der Waals surface area contributed by atoms with Crippen LogP contribution >= 0.6 is 0 Å². The van der Waals surface area contributed by atoms with E-state index in [1.165, 1.54) is 6.07 Å². The van der Waals surface area contributed by atoms with Gasteiger partial charge >= 0.3 is 17.7 Å². The van der Waals surface area contributed by atoms with Crippen molar-refractivity contribution in [2.75, 3.05) is 0 Å². The zero-order chi connectivity index (χ0) is 20.3. The lowest BCUT2D eigenvalue weighted by atomic mass is 10.1. The lowest BCUT2D eigenvalue weighted by Crippen LogP contribution is -2.44. The normalized spacial score (nSPS) is 11.0. The highest BCUT2D eigenvalue weighted by Crippen LogP contribution is 2.48. The van der Waals surface area contributed by atoms with Crippen molar-refractivity contribution in [3.63, 3.8) is 0 Å². The molecule has 0 atom stereocenters. The SMILES string of the molecule is O=C(O)c1ccc([N+](C(=O)O)(c2ccccc2)c2ccccc2)c([N+](=O)[O-])c1. The van der Waals surface area contributed by atoms with Crippen LogP contribution in [-0.2, 0) is 0 Å². The van der Waals surface area contributed by atoms with E-state index in [9.17, 15) is 29.9 Å². The first kappa shape index (κ1) is 18.7. The molecule has 28 heavy (non-hydrogen) atoms. The van der Waals surface area contributed by atoms with Crippen molar-refractivity contribution in [2.45, 2.75) is 0 Å². The summed E-state index contributed by atoms with van der Waals surface area (Å²) in [5, 5.41) is 31.2. The molecule has 0 aliphatic rings. The molecular formula is C20H15N2O6+. The van der Waals surface area contributed by atoms with Crippen molar-refractivity contribution in [3.8, 4) is 0 Å². The van der Waals surface area contributed by atoms with Gasteiger partial charge in [0, 0.05) is 36.4 Å². The van der Waals surface area contributed by atoms with Gasteiger partial charge in [0.1, 0.15) is 0 Å². The van der Waals surface area contributed by atoms with Crippen LogP contribution in [0.15, 0.2) is 78.9 Å². The summed E-state index contributed by atoms with van der Waals surface area (Å²) in [5.74, 6) is -1.34. The molecular weight excluding hydrogens is 364 g/mol. The molecule has 0 saturated carbocycles. The first-order valence-corrected chi connectivity index (χ1v) is 8.15. The maximum Gasteiger partial charge on any atom is 0.529 e. The Morgan fingerprint density at radius 2 is 1.32 bits per heavy atom. The number of amides is 1. The van der Waals surface area contributed by atoms with Gasteiger partial charge < -0.3 is 10.2 Å². The van der Waals surface area contributed by atoms with Gasteiger partial charge in [-0.1, -0.05) is 36.4 Å². The second-order valence-electron chi connectivity index (χ2n) is 5.89. The van der Waals surface area contributed by atoms with Gasteiger partial charge in [-0.05, 0) is 6.07 Å². The molecule has 0 saturated heterocycles. The van der Waals surface area contributed by atoms with E-state index in [0.29, 0.717) is 0 Å². The Morgan fingerprint density at radius 1 is 0.821 bits per heavy atom. The number of benzene rings is 3. The summed E-state index contributed by atoms with van der Waals surface area (Å²) in [6, 6.07) is 19.3. The van der Waals surface area contributed by atoms with Gasteiger partial charge in [-0.15, -0.1) is 4.48 Å². The number of carbonyl (C=O) groups is 2. The average molecular weight is 379 g/mol. The largest absolute Gasteiger partial charge is 0.529 e. The Hall–Kier alpha value is -4.04. The number of nitro benzene ring substituents is 1. The zero-order valence-electron chi connectivity index (χ0n) is 14.4. The summed E-state index contributed by atoms with van der Waals surface area (Å²) >= 11 is 0. The fourth-order valence-electron chi connectivity index (χ4n) is 3.14. The van der Waals surface area contributed by atoms with E-state index in [4.69, 9.17) is 0 Å². The van der Waals surface area contributed by atoms with E-state index < -0.39 is 27.2 Å². The highest BCUT2D eigenvalue weighted by molar-refractivity contribution is 6.00. The van der Waals surface area contributed by atoms with Crippen molar-refractivity contribution in [1.29, 1.82) is 0 Å². The summed E-state index contributed by atoms with van der Waals surface area (Å²) in [7, 11) is 0. The summed E-state index contributed by atoms with van der Waals surface area (Å²) in [6.07, 6.45) is -1.37. The second-order valence-corrected chi connectivity index (χ2v) is 5.89. The van der Waals surface area contributed by atoms with Crippen molar-refractivity contribution in [1.82, 2.24) is 4.48 Å². The molecule has 0 aliphatic carbocycles. The molecule has 0 aromatic heterocycles. The number of hydrogen-bond donors (Lipinski definition) is 2. The van der Waals surface area contributed by atoms with Gasteiger partial charge in [0.2, 0.25) is 5.69 Å². The summed E-state index contributed by atoms with van der Waals surface area (Å²) in [6.45, 7) is 0. The van der Waals surface area contributed by atoms with Crippen LogP contribution in [0.4, 0.5) is 27.5 Å². The minimum atomic E-state index is -1.37. The quantitative estimate of drug-likeness (QED) is 0.368. The predicted octanol–water partition coefficient (Wildman–Crippen LogP) is 4.94. The highest BCUT2D eigenvalue weighted by atomic mass is 16.6. The smallest absolute Gasteiger partial charge is 0.478 e. The molecule has 3 aromatic rings. The Kier molecular flexibility index (Phi) is 4.88. The third-order valence-electron chi connectivity index (χ3n) is 4.35. The van der Waals surface area contributed by atoms with Crippen LogP contribution in [0.2, 0.25) is 0 Å². The fourth-order valence-corrected chi connectivity index (χ4v) is 3.14. The van der Waals surface area contributed by atoms with E-state index in [1.807, 2.05) is 0 Å². The molecule has 0 unspecified atom stereocenters. The molecule has 1 amide bonds. The summed E-state index contributed by atoms with van der Waals surface area (Å²) < 4.78 is -0.988. The number of hydrogen-bond acceptors (Lipinski definition) is 4. The van der Waals surface area contributed by atoms with E-state index in [2.05, 4.69) is 0 Å². The molecule has 0 radical (unpaired) electrons. The number of carboxylic acid groups (broad SMARTS) is 2. The number of aromatic carboxylic acids is 1. The third kappa shape index (κ3) is 2.97. The maximum atomic E-state index is 12.6. The van der Waals surface area contributed by atoms with Gasteiger partial charge in [-0.25, -0.2) is 4.79 Å². The average Bonchev–Trinajstić information content (AvgIpc) is 2.70. The van der Waals surface area contributed by atoms with Gasteiger partial charge in [-0.2, -0.15) is 4.79 Å². The Balaban J connectivity index is 2.47. The molecule has 8 heteroatoms. The standard InChI is InChI=1S/C20H14N2O6/c23-19(24)14-11-12-18(17(13-14)21(27)28)22(20(25)26,15-7-3-1-4-8-15)16-9-5-2-6-10-16/h1-13H,(H-,23,24,25,26)/p+1. The maximum absolute atomic E-state index is 12.6. The van der Waals surface area contributed by atoms with E-state index in [-0.39, 0.29) is 22.6 Å². The topological polar surface area (TPSA) is 118 Å². The van der Waals surface area contributed by atoms with Crippen LogP contribution < -0.4 is 4.48 Å². The molecule has 2 N–H and O–H groups in total. The van der Waals surface area contributed by atoms with Crippen LogP contribution in [0.5, 0.6) is 0 Å². The monoisotopic (exact) mass is 379 g/mol. The second kappa shape index (κ2) is 7.29. The van der Waals surface area contributed by atoms with Crippen LogP contribution in [0.25, 0.3) is 0 Å².